The van der Waals surface area contributed by atoms with Crippen LogP contribution in [0.15, 0.2) is 18.2 Å². The van der Waals surface area contributed by atoms with Crippen molar-refractivity contribution >= 4 is 0 Å². The van der Waals surface area contributed by atoms with E-state index in [9.17, 15) is 5.11 Å². The summed E-state index contributed by atoms with van der Waals surface area (Å²) >= 11 is 0. The maximum absolute atomic E-state index is 9.62. The predicted molar refractivity (Wildman–Crippen MR) is 51.4 cm³/mol. The second-order valence-electron chi connectivity index (χ2n) is 3.12. The minimum absolute atomic E-state index is 0.180. The summed E-state index contributed by atoms with van der Waals surface area (Å²) in [5, 5.41) is 9.62. The summed E-state index contributed by atoms with van der Waals surface area (Å²) in [6.07, 6.45) is -0.688. The van der Waals surface area contributed by atoms with Crippen LogP contribution in [0, 0.1) is 0 Å². The smallest absolute Gasteiger partial charge is 0.167 e. The van der Waals surface area contributed by atoms with Gasteiger partial charge in [0, 0.05) is 12.1 Å². The van der Waals surface area contributed by atoms with E-state index >= 15 is 0 Å². The molecule has 0 bridgehead atoms. The van der Waals surface area contributed by atoms with Crippen molar-refractivity contribution in [3.05, 3.63) is 23.8 Å². The van der Waals surface area contributed by atoms with Crippen LogP contribution >= 0.6 is 0 Å². The SMILES string of the molecule is NCC(O)c1cccc2c1OCCO2. The fourth-order valence-electron chi connectivity index (χ4n) is 1.49. The van der Waals surface area contributed by atoms with Gasteiger partial charge in [0.05, 0.1) is 6.10 Å². The minimum Gasteiger partial charge on any atom is -0.486 e. The number of hydrogen-bond donors (Lipinski definition) is 2. The first kappa shape index (κ1) is 9.30. The van der Waals surface area contributed by atoms with E-state index in [-0.39, 0.29) is 6.54 Å². The second kappa shape index (κ2) is 3.86. The Morgan fingerprint density at radius 1 is 1.36 bits per heavy atom. The zero-order valence-corrected chi connectivity index (χ0v) is 7.77. The second-order valence-corrected chi connectivity index (χ2v) is 3.12. The molecule has 0 aromatic heterocycles. The van der Waals surface area contributed by atoms with Crippen molar-refractivity contribution in [2.45, 2.75) is 6.10 Å². The highest BCUT2D eigenvalue weighted by Crippen LogP contribution is 2.36. The molecule has 0 saturated carbocycles. The summed E-state index contributed by atoms with van der Waals surface area (Å²) in [6, 6.07) is 5.44. The van der Waals surface area contributed by atoms with Crippen LogP contribution in [0.25, 0.3) is 0 Å². The van der Waals surface area contributed by atoms with Crippen molar-refractivity contribution in [1.82, 2.24) is 0 Å². The van der Waals surface area contributed by atoms with Gasteiger partial charge in [-0.2, -0.15) is 0 Å². The van der Waals surface area contributed by atoms with Gasteiger partial charge in [-0.05, 0) is 6.07 Å². The molecule has 1 aromatic rings. The van der Waals surface area contributed by atoms with Crippen molar-refractivity contribution in [2.75, 3.05) is 19.8 Å². The zero-order valence-electron chi connectivity index (χ0n) is 7.77. The Morgan fingerprint density at radius 3 is 2.93 bits per heavy atom. The van der Waals surface area contributed by atoms with Crippen LogP contribution in [0.1, 0.15) is 11.7 Å². The minimum atomic E-state index is -0.688. The Labute approximate surface area is 82.2 Å². The van der Waals surface area contributed by atoms with E-state index in [1.165, 1.54) is 0 Å². The first-order valence-electron chi connectivity index (χ1n) is 4.59. The van der Waals surface area contributed by atoms with Gasteiger partial charge in [-0.15, -0.1) is 0 Å². The molecule has 2 rings (SSSR count). The van der Waals surface area contributed by atoms with Crippen LogP contribution in [0.3, 0.4) is 0 Å². The first-order chi connectivity index (χ1) is 6.83. The molecule has 1 atom stereocenters. The van der Waals surface area contributed by atoms with Crippen molar-refractivity contribution < 1.29 is 14.6 Å². The lowest BCUT2D eigenvalue weighted by molar-refractivity contribution is 0.149. The number of hydrogen-bond acceptors (Lipinski definition) is 4. The number of aliphatic hydroxyl groups excluding tert-OH is 1. The van der Waals surface area contributed by atoms with E-state index in [1.807, 2.05) is 12.1 Å². The molecule has 1 aliphatic heterocycles. The fraction of sp³-hybridized carbons (Fsp3) is 0.400. The Bertz CT molecular complexity index is 327. The van der Waals surface area contributed by atoms with E-state index in [2.05, 4.69) is 0 Å². The summed E-state index contributed by atoms with van der Waals surface area (Å²) < 4.78 is 10.8. The number of para-hydroxylation sites is 1. The van der Waals surface area contributed by atoms with Gasteiger partial charge in [0.15, 0.2) is 11.5 Å². The maximum atomic E-state index is 9.62. The normalized spacial score (nSPS) is 16.4. The highest BCUT2D eigenvalue weighted by Gasteiger charge is 2.19. The molecule has 0 fully saturated rings. The van der Waals surface area contributed by atoms with Gasteiger partial charge in [0.2, 0.25) is 0 Å². The molecule has 0 saturated heterocycles. The molecule has 1 aromatic carbocycles. The standard InChI is InChI=1S/C10H13NO3/c11-6-8(12)7-2-1-3-9-10(7)14-5-4-13-9/h1-3,8,12H,4-6,11H2. The first-order valence-corrected chi connectivity index (χ1v) is 4.59. The van der Waals surface area contributed by atoms with E-state index in [0.29, 0.717) is 30.3 Å². The number of aliphatic hydroxyl groups is 1. The molecule has 0 aliphatic carbocycles. The molecule has 0 radical (unpaired) electrons. The lowest BCUT2D eigenvalue weighted by atomic mass is 10.1. The summed E-state index contributed by atoms with van der Waals surface area (Å²) in [6.45, 7) is 1.25. The monoisotopic (exact) mass is 195 g/mol. The van der Waals surface area contributed by atoms with Gasteiger partial charge in [-0.3, -0.25) is 0 Å². The van der Waals surface area contributed by atoms with Gasteiger partial charge < -0.3 is 20.3 Å². The molecule has 0 spiro atoms. The van der Waals surface area contributed by atoms with Crippen molar-refractivity contribution in [3.8, 4) is 11.5 Å². The predicted octanol–water partition coefficient (Wildman–Crippen LogP) is 0.450. The van der Waals surface area contributed by atoms with E-state index in [4.69, 9.17) is 15.2 Å². The highest BCUT2D eigenvalue weighted by atomic mass is 16.6. The summed E-state index contributed by atoms with van der Waals surface area (Å²) in [5.74, 6) is 1.30. The quantitative estimate of drug-likeness (QED) is 0.719. The molecule has 4 nitrogen and oxygen atoms in total. The van der Waals surface area contributed by atoms with Crippen LogP contribution in [0.2, 0.25) is 0 Å². The van der Waals surface area contributed by atoms with Gasteiger partial charge >= 0.3 is 0 Å². The van der Waals surface area contributed by atoms with E-state index in [1.54, 1.807) is 6.07 Å². The molecule has 0 amide bonds. The van der Waals surface area contributed by atoms with E-state index < -0.39 is 6.10 Å². The van der Waals surface area contributed by atoms with Crippen LogP contribution in [-0.4, -0.2) is 24.9 Å². The topological polar surface area (TPSA) is 64.7 Å². The molecule has 1 heterocycles. The molecule has 14 heavy (non-hydrogen) atoms. The molecular weight excluding hydrogens is 182 g/mol. The zero-order chi connectivity index (χ0) is 9.97. The number of ether oxygens (including phenoxy) is 2. The molecular formula is C10H13NO3. The third kappa shape index (κ3) is 1.54. The van der Waals surface area contributed by atoms with Crippen LogP contribution in [0.4, 0.5) is 0 Å². The van der Waals surface area contributed by atoms with Crippen molar-refractivity contribution in [1.29, 1.82) is 0 Å². The van der Waals surface area contributed by atoms with Gasteiger partial charge in [0.25, 0.3) is 0 Å². The van der Waals surface area contributed by atoms with Gasteiger partial charge in [-0.1, -0.05) is 12.1 Å². The van der Waals surface area contributed by atoms with Crippen LogP contribution in [0.5, 0.6) is 11.5 Å². The Balaban J connectivity index is 2.39. The van der Waals surface area contributed by atoms with Crippen LogP contribution < -0.4 is 15.2 Å². The number of fused-ring (bicyclic) bond motifs is 1. The lowest BCUT2D eigenvalue weighted by Crippen LogP contribution is -2.19. The maximum Gasteiger partial charge on any atom is 0.167 e. The molecule has 3 N–H and O–H groups in total. The number of benzene rings is 1. The van der Waals surface area contributed by atoms with E-state index in [0.717, 1.165) is 0 Å². The lowest BCUT2D eigenvalue weighted by Gasteiger charge is -2.22. The Kier molecular flexibility index (Phi) is 2.56. The summed E-state index contributed by atoms with van der Waals surface area (Å²) in [4.78, 5) is 0. The molecule has 4 heteroatoms. The largest absolute Gasteiger partial charge is 0.486 e. The Hall–Kier alpha value is -1.26. The van der Waals surface area contributed by atoms with Crippen molar-refractivity contribution in [2.24, 2.45) is 5.73 Å². The number of rotatable bonds is 2. The van der Waals surface area contributed by atoms with Crippen LogP contribution in [-0.2, 0) is 0 Å². The molecule has 1 unspecified atom stereocenters. The number of nitrogens with two attached hydrogens (primary N) is 1. The van der Waals surface area contributed by atoms with Gasteiger partial charge in [-0.25, -0.2) is 0 Å². The molecule has 76 valence electrons. The third-order valence-corrected chi connectivity index (χ3v) is 2.18. The average Bonchev–Trinajstić information content (AvgIpc) is 2.27. The summed E-state index contributed by atoms with van der Waals surface area (Å²) in [5.41, 5.74) is 6.09. The average molecular weight is 195 g/mol. The van der Waals surface area contributed by atoms with Gasteiger partial charge in [0.1, 0.15) is 13.2 Å². The third-order valence-electron chi connectivity index (χ3n) is 2.18. The van der Waals surface area contributed by atoms with Crippen molar-refractivity contribution in [3.63, 3.8) is 0 Å². The Morgan fingerprint density at radius 2 is 2.14 bits per heavy atom. The summed E-state index contributed by atoms with van der Waals surface area (Å²) in [7, 11) is 0. The molecule has 1 aliphatic rings. The fourth-order valence-corrected chi connectivity index (χ4v) is 1.49. The highest BCUT2D eigenvalue weighted by molar-refractivity contribution is 5.48.